The minimum absolute atomic E-state index is 0.163. The van der Waals surface area contributed by atoms with Crippen LogP contribution in [0.5, 0.6) is 0 Å². The summed E-state index contributed by atoms with van der Waals surface area (Å²) in [6.07, 6.45) is 5.11. The van der Waals surface area contributed by atoms with Crippen molar-refractivity contribution in [2.45, 2.75) is 70.9 Å². The Hall–Kier alpha value is -1.30. The first-order valence-corrected chi connectivity index (χ1v) is 9.21. The summed E-state index contributed by atoms with van der Waals surface area (Å²) >= 11 is 0. The van der Waals surface area contributed by atoms with E-state index in [1.165, 1.54) is 6.42 Å². The summed E-state index contributed by atoms with van der Waals surface area (Å²) in [5, 5.41) is 6.40. The Kier molecular flexibility index (Phi) is 6.12. The SMILES string of the molecule is C[C@@H]1CCCC[C@@]1(CNC(=O)OC(C)(C)C)NCC(=O)N1CCC1. The van der Waals surface area contributed by atoms with Crippen LogP contribution in [0.1, 0.15) is 59.8 Å². The van der Waals surface area contributed by atoms with Crippen LogP contribution in [-0.4, -0.2) is 54.2 Å². The number of likely N-dealkylation sites (tertiary alicyclic amines) is 1. The highest BCUT2D eigenvalue weighted by molar-refractivity contribution is 5.79. The summed E-state index contributed by atoms with van der Waals surface area (Å²) in [4.78, 5) is 26.1. The minimum Gasteiger partial charge on any atom is -0.444 e. The van der Waals surface area contributed by atoms with Crippen molar-refractivity contribution >= 4 is 12.0 Å². The zero-order valence-corrected chi connectivity index (χ0v) is 15.6. The first-order valence-electron chi connectivity index (χ1n) is 9.21. The Bertz CT molecular complexity index is 457. The Morgan fingerprint density at radius 3 is 2.46 bits per heavy atom. The molecule has 1 saturated heterocycles. The fourth-order valence-electron chi connectivity index (χ4n) is 3.47. The van der Waals surface area contributed by atoms with Gasteiger partial charge in [-0.15, -0.1) is 0 Å². The number of rotatable bonds is 5. The average Bonchev–Trinajstić information content (AvgIpc) is 2.42. The van der Waals surface area contributed by atoms with Gasteiger partial charge in [0, 0.05) is 25.2 Å². The van der Waals surface area contributed by atoms with Gasteiger partial charge in [-0.25, -0.2) is 4.79 Å². The highest BCUT2D eigenvalue weighted by atomic mass is 16.6. The molecule has 24 heavy (non-hydrogen) atoms. The van der Waals surface area contributed by atoms with Crippen LogP contribution in [0.25, 0.3) is 0 Å². The maximum Gasteiger partial charge on any atom is 0.407 e. The molecule has 0 spiro atoms. The quantitative estimate of drug-likeness (QED) is 0.806. The van der Waals surface area contributed by atoms with E-state index in [-0.39, 0.29) is 11.4 Å². The molecule has 2 amide bonds. The van der Waals surface area contributed by atoms with Crippen molar-refractivity contribution < 1.29 is 14.3 Å². The fraction of sp³-hybridized carbons (Fsp3) is 0.889. The molecule has 0 bridgehead atoms. The van der Waals surface area contributed by atoms with Crippen LogP contribution in [0.15, 0.2) is 0 Å². The second-order valence-electron chi connectivity index (χ2n) is 8.25. The van der Waals surface area contributed by atoms with Crippen LogP contribution < -0.4 is 10.6 Å². The van der Waals surface area contributed by atoms with E-state index in [9.17, 15) is 9.59 Å². The molecule has 2 aliphatic rings. The smallest absolute Gasteiger partial charge is 0.407 e. The lowest BCUT2D eigenvalue weighted by atomic mass is 9.73. The molecule has 0 radical (unpaired) electrons. The van der Waals surface area contributed by atoms with Crippen LogP contribution in [-0.2, 0) is 9.53 Å². The summed E-state index contributed by atoms with van der Waals surface area (Å²) in [5.74, 6) is 0.570. The van der Waals surface area contributed by atoms with Crippen LogP contribution in [0.4, 0.5) is 4.79 Å². The van der Waals surface area contributed by atoms with E-state index in [2.05, 4.69) is 17.6 Å². The first kappa shape index (κ1) is 19.0. The number of hydrogen-bond acceptors (Lipinski definition) is 4. The molecule has 1 aliphatic carbocycles. The van der Waals surface area contributed by atoms with Crippen molar-refractivity contribution in [2.24, 2.45) is 5.92 Å². The Balaban J connectivity index is 1.92. The van der Waals surface area contributed by atoms with E-state index >= 15 is 0 Å². The number of ether oxygens (including phenoxy) is 1. The largest absolute Gasteiger partial charge is 0.444 e. The number of nitrogens with one attached hydrogen (secondary N) is 2. The maximum absolute atomic E-state index is 12.2. The number of amides is 2. The van der Waals surface area contributed by atoms with Gasteiger partial charge in [-0.05, 0) is 46.0 Å². The van der Waals surface area contributed by atoms with E-state index in [1.807, 2.05) is 25.7 Å². The van der Waals surface area contributed by atoms with Crippen molar-refractivity contribution in [2.75, 3.05) is 26.2 Å². The van der Waals surface area contributed by atoms with Gasteiger partial charge in [0.1, 0.15) is 5.60 Å². The monoisotopic (exact) mass is 339 g/mol. The molecule has 1 aliphatic heterocycles. The summed E-state index contributed by atoms with van der Waals surface area (Å²) < 4.78 is 5.35. The summed E-state index contributed by atoms with van der Waals surface area (Å²) in [6, 6.07) is 0. The molecule has 6 nitrogen and oxygen atoms in total. The van der Waals surface area contributed by atoms with E-state index in [0.29, 0.717) is 19.0 Å². The molecule has 1 saturated carbocycles. The standard InChI is InChI=1S/C18H33N3O3/c1-14-8-5-6-9-18(14,13-19-16(23)24-17(2,3)4)20-12-15(22)21-10-7-11-21/h14,20H,5-13H2,1-4H3,(H,19,23)/t14-,18+/m1/s1. The Morgan fingerprint density at radius 1 is 1.21 bits per heavy atom. The summed E-state index contributed by atoms with van der Waals surface area (Å²) in [5.41, 5.74) is -0.730. The first-order chi connectivity index (χ1) is 11.2. The number of hydrogen-bond donors (Lipinski definition) is 2. The van der Waals surface area contributed by atoms with E-state index in [4.69, 9.17) is 4.74 Å². The van der Waals surface area contributed by atoms with Gasteiger partial charge < -0.3 is 20.3 Å². The molecule has 0 unspecified atom stereocenters. The third-order valence-electron chi connectivity index (χ3n) is 5.20. The van der Waals surface area contributed by atoms with Crippen molar-refractivity contribution in [3.8, 4) is 0 Å². The van der Waals surface area contributed by atoms with Gasteiger partial charge in [-0.2, -0.15) is 0 Å². The normalized spacial score (nSPS) is 27.3. The topological polar surface area (TPSA) is 70.7 Å². The third-order valence-corrected chi connectivity index (χ3v) is 5.20. The van der Waals surface area contributed by atoms with E-state index in [1.54, 1.807) is 0 Å². The van der Waals surface area contributed by atoms with E-state index < -0.39 is 11.7 Å². The van der Waals surface area contributed by atoms with Crippen molar-refractivity contribution in [1.29, 1.82) is 0 Å². The number of nitrogens with zero attached hydrogens (tertiary/aromatic N) is 1. The maximum atomic E-state index is 12.2. The summed E-state index contributed by atoms with van der Waals surface area (Å²) in [7, 11) is 0. The zero-order valence-electron chi connectivity index (χ0n) is 15.6. The Labute approximate surface area is 145 Å². The second kappa shape index (κ2) is 7.72. The van der Waals surface area contributed by atoms with Gasteiger partial charge in [-0.3, -0.25) is 4.79 Å². The Morgan fingerprint density at radius 2 is 1.92 bits per heavy atom. The average molecular weight is 339 g/mol. The molecule has 0 aromatic rings. The van der Waals surface area contributed by atoms with Gasteiger partial charge in [0.2, 0.25) is 5.91 Å². The predicted molar refractivity (Wildman–Crippen MR) is 93.8 cm³/mol. The summed E-state index contributed by atoms with van der Waals surface area (Å²) in [6.45, 7) is 10.4. The molecule has 2 N–H and O–H groups in total. The molecule has 2 rings (SSSR count). The molecular formula is C18H33N3O3. The molecule has 0 aromatic heterocycles. The number of carbonyl (C=O) groups excluding carboxylic acids is 2. The van der Waals surface area contributed by atoms with Crippen LogP contribution >= 0.6 is 0 Å². The molecule has 138 valence electrons. The fourth-order valence-corrected chi connectivity index (χ4v) is 3.47. The second-order valence-corrected chi connectivity index (χ2v) is 8.25. The van der Waals surface area contributed by atoms with Crippen LogP contribution in [0, 0.1) is 5.92 Å². The van der Waals surface area contributed by atoms with Gasteiger partial charge in [-0.1, -0.05) is 19.8 Å². The van der Waals surface area contributed by atoms with Crippen molar-refractivity contribution in [1.82, 2.24) is 15.5 Å². The van der Waals surface area contributed by atoms with Gasteiger partial charge in [0.25, 0.3) is 0 Å². The highest BCUT2D eigenvalue weighted by Crippen LogP contribution is 2.33. The van der Waals surface area contributed by atoms with Crippen LogP contribution in [0.2, 0.25) is 0 Å². The lowest BCUT2D eigenvalue weighted by Crippen LogP contribution is -2.61. The van der Waals surface area contributed by atoms with Gasteiger partial charge >= 0.3 is 6.09 Å². The van der Waals surface area contributed by atoms with Crippen molar-refractivity contribution in [3.05, 3.63) is 0 Å². The zero-order chi connectivity index (χ0) is 17.8. The molecule has 2 fully saturated rings. The van der Waals surface area contributed by atoms with Crippen molar-refractivity contribution in [3.63, 3.8) is 0 Å². The number of carbonyl (C=O) groups is 2. The van der Waals surface area contributed by atoms with Gasteiger partial charge in [0.05, 0.1) is 6.54 Å². The minimum atomic E-state index is -0.504. The van der Waals surface area contributed by atoms with E-state index in [0.717, 1.165) is 38.8 Å². The van der Waals surface area contributed by atoms with Gasteiger partial charge in [0.15, 0.2) is 0 Å². The van der Waals surface area contributed by atoms with Crippen LogP contribution in [0.3, 0.4) is 0 Å². The molecule has 1 heterocycles. The number of alkyl carbamates (subject to hydrolysis) is 1. The highest BCUT2D eigenvalue weighted by Gasteiger charge is 2.39. The lowest BCUT2D eigenvalue weighted by Gasteiger charge is -2.44. The lowest BCUT2D eigenvalue weighted by molar-refractivity contribution is -0.134. The molecule has 6 heteroatoms. The molecular weight excluding hydrogens is 306 g/mol. The third kappa shape index (κ3) is 5.10. The molecule has 2 atom stereocenters. The predicted octanol–water partition coefficient (Wildman–Crippen LogP) is 2.28. The molecule has 0 aromatic carbocycles.